The minimum atomic E-state index is 0.806. The Morgan fingerprint density at radius 3 is 2.42 bits per heavy atom. The Hall–Kier alpha value is -2.67. The zero-order valence-electron chi connectivity index (χ0n) is 15.8. The van der Waals surface area contributed by atoms with Gasteiger partial charge in [0.25, 0.3) is 0 Å². The van der Waals surface area contributed by atoms with Crippen LogP contribution in [0.15, 0.2) is 51.5 Å². The van der Waals surface area contributed by atoms with E-state index >= 15 is 0 Å². The lowest BCUT2D eigenvalue weighted by molar-refractivity contribution is -0.403. The maximum Gasteiger partial charge on any atom is 0.314 e. The largest absolute Gasteiger partial charge is 0.387 e. The summed E-state index contributed by atoms with van der Waals surface area (Å²) >= 11 is 1.64. The number of hydrogen-bond acceptors (Lipinski definition) is 5. The molecule has 0 heterocycles. The van der Waals surface area contributed by atoms with Gasteiger partial charge in [-0.1, -0.05) is 0 Å². The lowest BCUT2D eigenvalue weighted by atomic mass is 10.1. The molecule has 2 aromatic rings. The maximum atomic E-state index is 7.55. The molecule has 7 heteroatoms. The number of nitrogens with zero attached hydrogens (tertiary/aromatic N) is 4. The number of rotatable bonds is 7. The molecule has 0 aromatic heterocycles. The molecule has 2 aromatic carbocycles. The molecule has 2 rings (SSSR count). The van der Waals surface area contributed by atoms with Crippen LogP contribution in [0.4, 0.5) is 22.7 Å². The summed E-state index contributed by atoms with van der Waals surface area (Å²) in [5.74, 6) is 0. The monoisotopic (exact) mass is 369 g/mol. The van der Waals surface area contributed by atoms with Crippen LogP contribution in [-0.2, 0) is 0 Å². The first-order chi connectivity index (χ1) is 12.5. The van der Waals surface area contributed by atoms with Crippen molar-refractivity contribution in [2.75, 3.05) is 44.7 Å². The minimum absolute atomic E-state index is 0.806. The Balaban J connectivity index is 2.27. The fourth-order valence-electron chi connectivity index (χ4n) is 2.41. The van der Waals surface area contributed by atoms with Crippen LogP contribution in [0.25, 0.3) is 0 Å². The Morgan fingerprint density at radius 2 is 1.88 bits per heavy atom. The van der Waals surface area contributed by atoms with Crippen molar-refractivity contribution in [3.63, 3.8) is 0 Å². The van der Waals surface area contributed by atoms with Crippen molar-refractivity contribution in [1.29, 1.82) is 5.41 Å². The smallest absolute Gasteiger partial charge is 0.314 e. The molecule has 0 atom stereocenters. The average molecular weight is 370 g/mol. The van der Waals surface area contributed by atoms with Crippen LogP contribution in [0.3, 0.4) is 0 Å². The maximum absolute atomic E-state index is 7.55. The summed E-state index contributed by atoms with van der Waals surface area (Å²) in [6.45, 7) is 0. The first kappa shape index (κ1) is 19.7. The van der Waals surface area contributed by atoms with E-state index in [-0.39, 0.29) is 0 Å². The van der Waals surface area contributed by atoms with Crippen LogP contribution in [-0.4, -0.2) is 51.6 Å². The van der Waals surface area contributed by atoms with E-state index in [0.29, 0.717) is 0 Å². The SMILES string of the molecule is CNc1cc([N+](C)=CN=Nc2ccc(N(C)C)cc2)c(SC)cc1C=N. The molecule has 6 nitrogen and oxygen atoms in total. The molecule has 0 aliphatic heterocycles. The van der Waals surface area contributed by atoms with E-state index in [1.54, 1.807) is 18.1 Å². The van der Waals surface area contributed by atoms with E-state index in [1.807, 2.05) is 80.3 Å². The van der Waals surface area contributed by atoms with E-state index in [2.05, 4.69) is 15.5 Å². The number of thioether (sulfide) groups is 1. The number of anilines is 2. The highest BCUT2D eigenvalue weighted by Crippen LogP contribution is 2.32. The highest BCUT2D eigenvalue weighted by molar-refractivity contribution is 7.98. The molecular weight excluding hydrogens is 344 g/mol. The van der Waals surface area contributed by atoms with Crippen molar-refractivity contribution < 1.29 is 4.58 Å². The summed E-state index contributed by atoms with van der Waals surface area (Å²) < 4.78 is 1.93. The van der Waals surface area contributed by atoms with Crippen molar-refractivity contribution in [3.05, 3.63) is 42.0 Å². The minimum Gasteiger partial charge on any atom is -0.387 e. The lowest BCUT2D eigenvalue weighted by Crippen LogP contribution is -2.07. The van der Waals surface area contributed by atoms with Gasteiger partial charge in [0.2, 0.25) is 0 Å². The Labute approximate surface area is 159 Å². The molecule has 0 unspecified atom stereocenters. The van der Waals surface area contributed by atoms with Crippen LogP contribution in [0.1, 0.15) is 5.56 Å². The van der Waals surface area contributed by atoms with Crippen molar-refractivity contribution in [2.24, 2.45) is 10.2 Å². The van der Waals surface area contributed by atoms with E-state index in [9.17, 15) is 0 Å². The zero-order chi connectivity index (χ0) is 19.1. The van der Waals surface area contributed by atoms with Crippen LogP contribution in [0.5, 0.6) is 0 Å². The summed E-state index contributed by atoms with van der Waals surface area (Å²) in [4.78, 5) is 3.12. The van der Waals surface area contributed by atoms with Crippen molar-refractivity contribution in [2.45, 2.75) is 4.90 Å². The highest BCUT2D eigenvalue weighted by atomic mass is 32.2. The predicted octanol–water partition coefficient (Wildman–Crippen LogP) is 4.60. The Morgan fingerprint density at radius 1 is 1.19 bits per heavy atom. The molecule has 0 aliphatic carbocycles. The van der Waals surface area contributed by atoms with Gasteiger partial charge in [-0.05, 0) is 41.7 Å². The van der Waals surface area contributed by atoms with Gasteiger partial charge >= 0.3 is 6.34 Å². The molecule has 0 radical (unpaired) electrons. The molecule has 136 valence electrons. The second-order valence-corrected chi connectivity index (χ2v) is 6.71. The van der Waals surface area contributed by atoms with E-state index in [1.165, 1.54) is 6.21 Å². The van der Waals surface area contributed by atoms with Crippen LogP contribution in [0.2, 0.25) is 0 Å². The molecule has 2 N–H and O–H groups in total. The summed E-state index contributed by atoms with van der Waals surface area (Å²) in [7, 11) is 7.80. The fraction of sp³-hybridized carbons (Fsp3) is 0.263. The van der Waals surface area contributed by atoms with Crippen LogP contribution in [0, 0.1) is 5.41 Å². The predicted molar refractivity (Wildman–Crippen MR) is 113 cm³/mol. The first-order valence-corrected chi connectivity index (χ1v) is 9.37. The quantitative estimate of drug-likeness (QED) is 0.246. The average Bonchev–Trinajstić information content (AvgIpc) is 2.67. The van der Waals surface area contributed by atoms with Crippen molar-refractivity contribution in [3.8, 4) is 0 Å². The molecule has 0 amide bonds. The number of nitrogens with one attached hydrogen (secondary N) is 2. The van der Waals surface area contributed by atoms with Crippen LogP contribution < -0.4 is 10.2 Å². The summed E-state index contributed by atoms with van der Waals surface area (Å²) in [6.07, 6.45) is 5.07. The van der Waals surface area contributed by atoms with Gasteiger partial charge in [0.05, 0.1) is 17.1 Å². The van der Waals surface area contributed by atoms with Crippen molar-refractivity contribution >= 4 is 47.1 Å². The number of hydrogen-bond donors (Lipinski definition) is 2. The second kappa shape index (κ2) is 9.15. The van der Waals surface area contributed by atoms with Crippen LogP contribution >= 0.6 is 11.8 Å². The van der Waals surface area contributed by atoms with Gasteiger partial charge in [-0.3, -0.25) is 0 Å². The molecule has 0 saturated carbocycles. The fourth-order valence-corrected chi connectivity index (χ4v) is 3.07. The Bertz CT molecular complexity index is 825. The van der Waals surface area contributed by atoms with E-state index in [4.69, 9.17) is 5.41 Å². The van der Waals surface area contributed by atoms with Gasteiger partial charge < -0.3 is 15.6 Å². The van der Waals surface area contributed by atoms with Gasteiger partial charge in [0, 0.05) is 50.4 Å². The number of benzene rings is 2. The van der Waals surface area contributed by atoms with Gasteiger partial charge in [-0.25, -0.2) is 4.58 Å². The molecule has 0 saturated heterocycles. The van der Waals surface area contributed by atoms with E-state index in [0.717, 1.165) is 33.2 Å². The molecule has 26 heavy (non-hydrogen) atoms. The third-order valence-electron chi connectivity index (χ3n) is 3.92. The van der Waals surface area contributed by atoms with Gasteiger partial charge in [0.1, 0.15) is 11.4 Å². The second-order valence-electron chi connectivity index (χ2n) is 5.86. The molecule has 0 fully saturated rings. The Kier molecular flexibility index (Phi) is 6.91. The lowest BCUT2D eigenvalue weighted by Gasteiger charge is -2.11. The molecular formula is C19H25N6S+. The van der Waals surface area contributed by atoms with Gasteiger partial charge in [-0.2, -0.15) is 0 Å². The summed E-state index contributed by atoms with van der Waals surface area (Å²) in [5.41, 5.74) is 4.70. The molecule has 0 bridgehead atoms. The normalized spacial score (nSPS) is 11.7. The summed E-state index contributed by atoms with van der Waals surface area (Å²) in [5, 5.41) is 19.1. The van der Waals surface area contributed by atoms with E-state index < -0.39 is 0 Å². The zero-order valence-corrected chi connectivity index (χ0v) is 16.6. The third kappa shape index (κ3) is 4.70. The number of azo groups is 1. The van der Waals surface area contributed by atoms with Crippen molar-refractivity contribution in [1.82, 2.24) is 0 Å². The van der Waals surface area contributed by atoms with Gasteiger partial charge in [0.15, 0.2) is 0 Å². The topological polar surface area (TPSA) is 66.8 Å². The highest BCUT2D eigenvalue weighted by Gasteiger charge is 2.12. The standard InChI is InChI=1S/C19H25N6S/c1-21-17-11-18(19(26-5)10-14(17)12-20)25(4)13-22-23-15-6-8-16(9-7-15)24(2)3/h6-13,20-21H,1-5H3/q+1. The molecule has 0 spiro atoms. The first-order valence-electron chi connectivity index (χ1n) is 8.14. The van der Waals surface area contributed by atoms with Gasteiger partial charge in [-0.15, -0.1) is 11.8 Å². The third-order valence-corrected chi connectivity index (χ3v) is 4.69. The molecule has 0 aliphatic rings. The summed E-state index contributed by atoms with van der Waals surface area (Å²) in [6, 6.07) is 11.9.